The van der Waals surface area contributed by atoms with Crippen molar-refractivity contribution >= 4 is 50.7 Å². The molecule has 0 aliphatic heterocycles. The Bertz CT molecular complexity index is 1250. The number of nitrogens with one attached hydrogen (secondary N) is 2. The monoisotopic (exact) mass is 574 g/mol. The Morgan fingerprint density at radius 1 is 0.861 bits per heavy atom. The molecule has 9 heteroatoms. The summed E-state index contributed by atoms with van der Waals surface area (Å²) in [5, 5.41) is 6.32. The maximum atomic E-state index is 12.8. The number of carbonyl (C=O) groups excluding carboxylic acids is 2. The van der Waals surface area contributed by atoms with Crippen molar-refractivity contribution < 1.29 is 23.8 Å². The molecule has 0 heterocycles. The summed E-state index contributed by atoms with van der Waals surface area (Å²) in [6.07, 6.45) is 0. The van der Waals surface area contributed by atoms with Crippen LogP contribution in [0.15, 0.2) is 53.0 Å². The van der Waals surface area contributed by atoms with Crippen LogP contribution in [0.1, 0.15) is 35.3 Å². The van der Waals surface area contributed by atoms with Crippen LogP contribution in [0.2, 0.25) is 5.02 Å². The van der Waals surface area contributed by atoms with E-state index in [2.05, 4.69) is 26.6 Å². The normalized spacial score (nSPS) is 10.5. The molecule has 3 aromatic rings. The number of carbonyl (C=O) groups is 2. The molecule has 0 aliphatic carbocycles. The fraction of sp³-hybridized carbons (Fsp3) is 0.259. The second kappa shape index (κ2) is 12.6. The Morgan fingerprint density at radius 2 is 1.44 bits per heavy atom. The van der Waals surface area contributed by atoms with Gasteiger partial charge in [0.25, 0.3) is 11.8 Å². The number of anilines is 2. The number of hydrogen-bond donors (Lipinski definition) is 2. The predicted octanol–water partition coefficient (Wildman–Crippen LogP) is 6.79. The minimum atomic E-state index is -0.392. The quantitative estimate of drug-likeness (QED) is 0.278. The van der Waals surface area contributed by atoms with Crippen LogP contribution in [0.25, 0.3) is 0 Å². The molecule has 0 fully saturated rings. The van der Waals surface area contributed by atoms with E-state index in [0.29, 0.717) is 56.9 Å². The van der Waals surface area contributed by atoms with E-state index in [4.69, 9.17) is 25.8 Å². The van der Waals surface area contributed by atoms with E-state index in [1.807, 2.05) is 33.8 Å². The molecule has 0 aliphatic rings. The van der Waals surface area contributed by atoms with E-state index in [1.54, 1.807) is 42.5 Å². The van der Waals surface area contributed by atoms with Gasteiger partial charge in [0.15, 0.2) is 6.61 Å². The van der Waals surface area contributed by atoms with E-state index in [-0.39, 0.29) is 12.5 Å². The Kier molecular flexibility index (Phi) is 9.61. The van der Waals surface area contributed by atoms with Crippen molar-refractivity contribution in [2.24, 2.45) is 0 Å². The van der Waals surface area contributed by atoms with Gasteiger partial charge < -0.3 is 24.8 Å². The Labute approximate surface area is 224 Å². The lowest BCUT2D eigenvalue weighted by atomic mass is 10.1. The molecule has 36 heavy (non-hydrogen) atoms. The van der Waals surface area contributed by atoms with Gasteiger partial charge in [-0.15, -0.1) is 0 Å². The number of hydrogen-bond acceptors (Lipinski definition) is 5. The standard InChI is InChI=1S/C27H28BrClN2O5/c1-5-34-21-14-20(31-27(33)18-10-8-7-9-11-18)22(35-6-2)13-19(21)30-24(32)15-36-23-12-16(3)26(29)17(4)25(23)28/h7-14H,5-6,15H2,1-4H3,(H,30,32)(H,31,33). The van der Waals surface area contributed by atoms with Crippen molar-refractivity contribution in [1.82, 2.24) is 0 Å². The van der Waals surface area contributed by atoms with E-state index >= 15 is 0 Å². The second-order valence-corrected chi connectivity index (χ2v) is 8.98. The minimum Gasteiger partial charge on any atom is -0.492 e. The van der Waals surface area contributed by atoms with Crippen LogP contribution in [0.5, 0.6) is 17.2 Å². The molecule has 3 rings (SSSR count). The molecular weight excluding hydrogens is 548 g/mol. The van der Waals surface area contributed by atoms with Gasteiger partial charge in [-0.3, -0.25) is 9.59 Å². The topological polar surface area (TPSA) is 85.9 Å². The van der Waals surface area contributed by atoms with Crippen LogP contribution >= 0.6 is 27.5 Å². The highest BCUT2D eigenvalue weighted by Crippen LogP contribution is 2.38. The van der Waals surface area contributed by atoms with Crippen molar-refractivity contribution in [3.05, 3.63) is 74.7 Å². The van der Waals surface area contributed by atoms with Gasteiger partial charge in [-0.05, 0) is 73.0 Å². The van der Waals surface area contributed by atoms with Crippen molar-refractivity contribution in [2.45, 2.75) is 27.7 Å². The number of aryl methyl sites for hydroxylation is 1. The third kappa shape index (κ3) is 6.71. The number of halogens is 2. The molecule has 0 saturated heterocycles. The Balaban J connectivity index is 1.81. The molecular formula is C27H28BrClN2O5. The average Bonchev–Trinajstić information content (AvgIpc) is 2.87. The lowest BCUT2D eigenvalue weighted by Crippen LogP contribution is -2.21. The lowest BCUT2D eigenvalue weighted by Gasteiger charge is -2.18. The van der Waals surface area contributed by atoms with Crippen molar-refractivity contribution in [3.8, 4) is 17.2 Å². The molecule has 0 bridgehead atoms. The summed E-state index contributed by atoms with van der Waals surface area (Å²) in [5.41, 5.74) is 3.01. The third-order valence-electron chi connectivity index (χ3n) is 5.17. The summed E-state index contributed by atoms with van der Waals surface area (Å²) in [6.45, 7) is 7.89. The predicted molar refractivity (Wildman–Crippen MR) is 146 cm³/mol. The summed E-state index contributed by atoms with van der Waals surface area (Å²) in [4.78, 5) is 25.5. The zero-order valence-electron chi connectivity index (χ0n) is 20.5. The number of benzene rings is 3. The molecule has 2 N–H and O–H groups in total. The Morgan fingerprint density at radius 3 is 2.03 bits per heavy atom. The maximum absolute atomic E-state index is 12.8. The van der Waals surface area contributed by atoms with Crippen molar-refractivity contribution in [3.63, 3.8) is 0 Å². The van der Waals surface area contributed by atoms with Crippen molar-refractivity contribution in [2.75, 3.05) is 30.5 Å². The van der Waals surface area contributed by atoms with Gasteiger partial charge in [-0.1, -0.05) is 29.8 Å². The fourth-order valence-electron chi connectivity index (χ4n) is 3.42. The van der Waals surface area contributed by atoms with Crippen LogP contribution in [0, 0.1) is 13.8 Å². The third-order valence-corrected chi connectivity index (χ3v) is 6.73. The molecule has 0 unspecified atom stereocenters. The van der Waals surface area contributed by atoms with Crippen LogP contribution in [0.3, 0.4) is 0 Å². The summed E-state index contributed by atoms with van der Waals surface area (Å²) < 4.78 is 17.9. The zero-order valence-corrected chi connectivity index (χ0v) is 22.9. The van der Waals surface area contributed by atoms with Gasteiger partial charge in [-0.2, -0.15) is 0 Å². The largest absolute Gasteiger partial charge is 0.492 e. The summed E-state index contributed by atoms with van der Waals surface area (Å²) in [5.74, 6) is 0.619. The molecule has 3 aromatic carbocycles. The summed E-state index contributed by atoms with van der Waals surface area (Å²) in [7, 11) is 0. The van der Waals surface area contributed by atoms with E-state index in [1.165, 1.54) is 0 Å². The van der Waals surface area contributed by atoms with Crippen LogP contribution < -0.4 is 24.8 Å². The molecule has 0 radical (unpaired) electrons. The summed E-state index contributed by atoms with van der Waals surface area (Å²) in [6, 6.07) is 13.9. The van der Waals surface area contributed by atoms with Crippen LogP contribution in [0.4, 0.5) is 11.4 Å². The number of ether oxygens (including phenoxy) is 3. The lowest BCUT2D eigenvalue weighted by molar-refractivity contribution is -0.118. The zero-order chi connectivity index (χ0) is 26.2. The first-order valence-electron chi connectivity index (χ1n) is 11.4. The smallest absolute Gasteiger partial charge is 0.262 e. The van der Waals surface area contributed by atoms with Gasteiger partial charge in [0.1, 0.15) is 17.2 Å². The first-order chi connectivity index (χ1) is 17.2. The molecule has 2 amide bonds. The van der Waals surface area contributed by atoms with Gasteiger partial charge in [-0.25, -0.2) is 0 Å². The average molecular weight is 576 g/mol. The van der Waals surface area contributed by atoms with Gasteiger partial charge in [0, 0.05) is 22.7 Å². The highest BCUT2D eigenvalue weighted by Gasteiger charge is 2.18. The van der Waals surface area contributed by atoms with E-state index in [0.717, 1.165) is 11.1 Å². The molecule has 0 aromatic heterocycles. The fourth-order valence-corrected chi connectivity index (χ4v) is 4.11. The number of amides is 2. The molecule has 7 nitrogen and oxygen atoms in total. The first-order valence-corrected chi connectivity index (χ1v) is 12.6. The number of rotatable bonds is 10. The maximum Gasteiger partial charge on any atom is 0.262 e. The SMILES string of the molecule is CCOc1cc(NC(=O)c2ccccc2)c(OCC)cc1NC(=O)COc1cc(C)c(Cl)c(C)c1Br. The van der Waals surface area contributed by atoms with Crippen LogP contribution in [-0.4, -0.2) is 31.6 Å². The molecule has 190 valence electrons. The van der Waals surface area contributed by atoms with Gasteiger partial charge >= 0.3 is 0 Å². The highest BCUT2D eigenvalue weighted by atomic mass is 79.9. The summed E-state index contributed by atoms with van der Waals surface area (Å²) >= 11 is 9.75. The Hall–Kier alpha value is -3.23. The van der Waals surface area contributed by atoms with Crippen molar-refractivity contribution in [1.29, 1.82) is 0 Å². The molecule has 0 spiro atoms. The van der Waals surface area contributed by atoms with E-state index in [9.17, 15) is 9.59 Å². The molecule has 0 atom stereocenters. The first kappa shape index (κ1) is 27.4. The van der Waals surface area contributed by atoms with Gasteiger partial charge in [0.05, 0.1) is 29.1 Å². The minimum absolute atomic E-state index is 0.235. The van der Waals surface area contributed by atoms with E-state index < -0.39 is 5.91 Å². The molecule has 0 saturated carbocycles. The second-order valence-electron chi connectivity index (χ2n) is 7.81. The highest BCUT2D eigenvalue weighted by molar-refractivity contribution is 9.10. The van der Waals surface area contributed by atoms with Crippen LogP contribution in [-0.2, 0) is 4.79 Å². The van der Waals surface area contributed by atoms with Gasteiger partial charge in [0.2, 0.25) is 0 Å².